The summed E-state index contributed by atoms with van der Waals surface area (Å²) in [6, 6.07) is 7.33. The molecule has 0 aliphatic heterocycles. The molecule has 1 aliphatic rings. The van der Waals surface area contributed by atoms with Gasteiger partial charge in [0.15, 0.2) is 0 Å². The lowest BCUT2D eigenvalue weighted by atomic mass is 9.64. The zero-order valence-electron chi connectivity index (χ0n) is 11.8. The van der Waals surface area contributed by atoms with Crippen LogP contribution in [0.4, 0.5) is 0 Å². The maximum Gasteiger partial charge on any atom is 0.120 e. The van der Waals surface area contributed by atoms with Gasteiger partial charge in [-0.1, -0.05) is 31.5 Å². The summed E-state index contributed by atoms with van der Waals surface area (Å²) in [4.78, 5) is 0. The minimum Gasteiger partial charge on any atom is -0.491 e. The number of rotatable bonds is 6. The molecule has 1 fully saturated rings. The number of ether oxygens (including phenoxy) is 1. The predicted molar refractivity (Wildman–Crippen MR) is 79.1 cm³/mol. The second-order valence-electron chi connectivity index (χ2n) is 5.96. The van der Waals surface area contributed by atoms with Crippen LogP contribution in [0.3, 0.4) is 0 Å². The number of halogens is 1. The second kappa shape index (κ2) is 6.31. The van der Waals surface area contributed by atoms with Crippen molar-refractivity contribution in [1.29, 1.82) is 0 Å². The molecule has 4 nitrogen and oxygen atoms in total. The van der Waals surface area contributed by atoms with Crippen LogP contribution >= 0.6 is 11.6 Å². The fourth-order valence-corrected chi connectivity index (χ4v) is 2.52. The SMILES string of the molecule is CC1(C)C(O)CC1NCC(O)COc1cccc(Cl)c1. The number of aliphatic hydroxyl groups excluding tert-OH is 2. The topological polar surface area (TPSA) is 61.7 Å². The normalized spacial score (nSPS) is 25.9. The third-order valence-electron chi connectivity index (χ3n) is 4.05. The van der Waals surface area contributed by atoms with Gasteiger partial charge in [-0.2, -0.15) is 0 Å². The molecule has 1 aromatic carbocycles. The lowest BCUT2D eigenvalue weighted by Gasteiger charge is -2.49. The van der Waals surface area contributed by atoms with Gasteiger partial charge >= 0.3 is 0 Å². The number of hydrogen-bond acceptors (Lipinski definition) is 4. The van der Waals surface area contributed by atoms with Crippen LogP contribution in [-0.4, -0.2) is 41.6 Å². The van der Waals surface area contributed by atoms with E-state index in [1.165, 1.54) is 0 Å². The summed E-state index contributed by atoms with van der Waals surface area (Å²) in [6.45, 7) is 4.70. The first-order valence-corrected chi connectivity index (χ1v) is 7.25. The van der Waals surface area contributed by atoms with Crippen LogP contribution in [0.15, 0.2) is 24.3 Å². The molecule has 0 amide bonds. The molecular formula is C15H22ClNO3. The fourth-order valence-electron chi connectivity index (χ4n) is 2.34. The van der Waals surface area contributed by atoms with Crippen molar-refractivity contribution in [2.45, 2.75) is 38.5 Å². The van der Waals surface area contributed by atoms with Crippen molar-refractivity contribution in [3.05, 3.63) is 29.3 Å². The monoisotopic (exact) mass is 299 g/mol. The van der Waals surface area contributed by atoms with Crippen molar-refractivity contribution >= 4 is 11.6 Å². The highest BCUT2D eigenvalue weighted by Gasteiger charge is 2.46. The van der Waals surface area contributed by atoms with Gasteiger partial charge in [0.25, 0.3) is 0 Å². The molecule has 0 aromatic heterocycles. The molecule has 0 spiro atoms. The van der Waals surface area contributed by atoms with Gasteiger partial charge in [0.05, 0.1) is 6.10 Å². The predicted octanol–water partition coefficient (Wildman–Crippen LogP) is 1.83. The van der Waals surface area contributed by atoms with E-state index in [2.05, 4.69) is 5.32 Å². The molecule has 2 rings (SSSR count). The zero-order valence-corrected chi connectivity index (χ0v) is 12.6. The molecule has 3 unspecified atom stereocenters. The molecule has 0 radical (unpaired) electrons. The van der Waals surface area contributed by atoms with Crippen LogP contribution in [-0.2, 0) is 0 Å². The average Bonchev–Trinajstić information content (AvgIpc) is 2.41. The van der Waals surface area contributed by atoms with Crippen LogP contribution in [0.5, 0.6) is 5.75 Å². The van der Waals surface area contributed by atoms with Crippen molar-refractivity contribution in [1.82, 2.24) is 5.32 Å². The Balaban J connectivity index is 1.70. The minimum absolute atomic E-state index is 0.131. The Labute approximate surface area is 124 Å². The van der Waals surface area contributed by atoms with Gasteiger partial charge in [0.1, 0.15) is 18.5 Å². The summed E-state index contributed by atoms with van der Waals surface area (Å²) in [5.74, 6) is 0.649. The van der Waals surface area contributed by atoms with Crippen LogP contribution < -0.4 is 10.1 Å². The van der Waals surface area contributed by atoms with E-state index in [-0.39, 0.29) is 24.2 Å². The van der Waals surface area contributed by atoms with Gasteiger partial charge in [0.2, 0.25) is 0 Å². The van der Waals surface area contributed by atoms with Gasteiger partial charge in [-0.3, -0.25) is 0 Å². The summed E-state index contributed by atoms with van der Waals surface area (Å²) in [5, 5.41) is 23.4. The molecule has 112 valence electrons. The zero-order chi connectivity index (χ0) is 14.8. The number of nitrogens with one attached hydrogen (secondary N) is 1. The Bertz CT molecular complexity index is 452. The minimum atomic E-state index is -0.595. The first kappa shape index (κ1) is 15.6. The van der Waals surface area contributed by atoms with Crippen LogP contribution in [0.1, 0.15) is 20.3 Å². The molecule has 1 aliphatic carbocycles. The lowest BCUT2D eigenvalue weighted by Crippen LogP contribution is -2.61. The van der Waals surface area contributed by atoms with Gasteiger partial charge in [-0.05, 0) is 24.6 Å². The summed E-state index contributed by atoms with van der Waals surface area (Å²) in [6.07, 6.45) is -0.128. The van der Waals surface area contributed by atoms with E-state index in [1.807, 2.05) is 13.8 Å². The first-order valence-electron chi connectivity index (χ1n) is 6.87. The van der Waals surface area contributed by atoms with E-state index in [9.17, 15) is 10.2 Å². The standard InChI is InChI=1S/C15H22ClNO3/c1-15(2)13(7-14(15)19)17-8-11(18)9-20-12-5-3-4-10(16)6-12/h3-6,11,13-14,17-19H,7-9H2,1-2H3. The molecule has 0 saturated heterocycles. The van der Waals surface area contributed by atoms with Crippen molar-refractivity contribution in [3.63, 3.8) is 0 Å². The van der Waals surface area contributed by atoms with Crippen molar-refractivity contribution in [2.24, 2.45) is 5.41 Å². The number of benzene rings is 1. The Morgan fingerprint density at radius 1 is 1.50 bits per heavy atom. The van der Waals surface area contributed by atoms with Gasteiger partial charge in [-0.15, -0.1) is 0 Å². The first-order chi connectivity index (χ1) is 9.39. The van der Waals surface area contributed by atoms with Crippen molar-refractivity contribution in [3.8, 4) is 5.75 Å². The van der Waals surface area contributed by atoms with Gasteiger partial charge in [0, 0.05) is 23.0 Å². The van der Waals surface area contributed by atoms with E-state index in [0.29, 0.717) is 17.3 Å². The quantitative estimate of drug-likeness (QED) is 0.750. The average molecular weight is 300 g/mol. The maximum absolute atomic E-state index is 9.90. The smallest absolute Gasteiger partial charge is 0.120 e. The molecule has 0 bridgehead atoms. The highest BCUT2D eigenvalue weighted by atomic mass is 35.5. The molecule has 1 saturated carbocycles. The van der Waals surface area contributed by atoms with E-state index in [4.69, 9.17) is 16.3 Å². The fraction of sp³-hybridized carbons (Fsp3) is 0.600. The Morgan fingerprint density at radius 3 is 2.85 bits per heavy atom. The summed E-state index contributed by atoms with van der Waals surface area (Å²) >= 11 is 5.86. The molecule has 3 N–H and O–H groups in total. The van der Waals surface area contributed by atoms with E-state index in [0.717, 1.165) is 6.42 Å². The largest absolute Gasteiger partial charge is 0.491 e. The number of hydrogen-bond donors (Lipinski definition) is 3. The lowest BCUT2D eigenvalue weighted by molar-refractivity contribution is -0.0755. The second-order valence-corrected chi connectivity index (χ2v) is 6.39. The molecule has 3 atom stereocenters. The van der Waals surface area contributed by atoms with Crippen LogP contribution in [0, 0.1) is 5.41 Å². The Kier molecular flexibility index (Phi) is 4.91. The molecule has 20 heavy (non-hydrogen) atoms. The van der Waals surface area contributed by atoms with E-state index >= 15 is 0 Å². The van der Waals surface area contributed by atoms with Gasteiger partial charge in [-0.25, -0.2) is 0 Å². The van der Waals surface area contributed by atoms with Crippen molar-refractivity contribution in [2.75, 3.05) is 13.2 Å². The van der Waals surface area contributed by atoms with Crippen molar-refractivity contribution < 1.29 is 14.9 Å². The Morgan fingerprint density at radius 2 is 2.25 bits per heavy atom. The van der Waals surface area contributed by atoms with E-state index in [1.54, 1.807) is 24.3 Å². The number of aliphatic hydroxyl groups is 2. The summed E-state index contributed by atoms with van der Waals surface area (Å²) in [7, 11) is 0. The summed E-state index contributed by atoms with van der Waals surface area (Å²) in [5.41, 5.74) is -0.131. The highest BCUT2D eigenvalue weighted by molar-refractivity contribution is 6.30. The van der Waals surface area contributed by atoms with E-state index < -0.39 is 6.10 Å². The molecular weight excluding hydrogens is 278 g/mol. The highest BCUT2D eigenvalue weighted by Crippen LogP contribution is 2.40. The molecule has 1 aromatic rings. The third kappa shape index (κ3) is 3.64. The Hall–Kier alpha value is -0.810. The maximum atomic E-state index is 9.90. The molecule has 0 heterocycles. The van der Waals surface area contributed by atoms with Gasteiger partial charge < -0.3 is 20.3 Å². The van der Waals surface area contributed by atoms with Crippen LogP contribution in [0.25, 0.3) is 0 Å². The third-order valence-corrected chi connectivity index (χ3v) is 4.29. The molecule has 5 heteroatoms. The van der Waals surface area contributed by atoms with Crippen LogP contribution in [0.2, 0.25) is 5.02 Å². The summed E-state index contributed by atoms with van der Waals surface area (Å²) < 4.78 is 5.48.